The Morgan fingerprint density at radius 3 is 1.40 bits per heavy atom. The van der Waals surface area contributed by atoms with Gasteiger partial charge in [0.15, 0.2) is 11.2 Å². The monoisotopic (exact) mass is 976 g/mol. The lowest BCUT2D eigenvalue weighted by atomic mass is 9.88. The van der Waals surface area contributed by atoms with Crippen LogP contribution in [0.1, 0.15) is 0 Å². The van der Waals surface area contributed by atoms with Crippen LogP contribution < -0.4 is 24.9 Å². The number of rotatable bonds is 8. The number of hydrogen-bond donors (Lipinski definition) is 0. The third-order valence-electron chi connectivity index (χ3n) is 15.1. The van der Waals surface area contributed by atoms with Crippen LogP contribution in [0.15, 0.2) is 215 Å². The van der Waals surface area contributed by atoms with Crippen LogP contribution in [0.5, 0.6) is 11.5 Å². The van der Waals surface area contributed by atoms with Crippen LogP contribution in [0.3, 0.4) is 0 Å². The van der Waals surface area contributed by atoms with Crippen LogP contribution in [-0.4, -0.2) is 16.1 Å². The summed E-state index contributed by atoms with van der Waals surface area (Å²) in [6.07, 6.45) is 0. The lowest BCUT2D eigenvalue weighted by Gasteiger charge is -2.30. The van der Waals surface area contributed by atoms with E-state index in [1.807, 2.05) is 12.1 Å². The molecule has 1 aliphatic rings. The van der Waals surface area contributed by atoms with Crippen LogP contribution in [0.25, 0.3) is 87.3 Å². The fraction of sp³-hybridized carbons (Fsp3) is 0.0909. The zero-order chi connectivity index (χ0) is 49.3. The van der Waals surface area contributed by atoms with Crippen LogP contribution >= 0.6 is 0 Å². The van der Waals surface area contributed by atoms with E-state index in [2.05, 4.69) is 243 Å². The van der Waals surface area contributed by atoms with Crippen LogP contribution in [0.2, 0.25) is 39.3 Å². The Labute approximate surface area is 426 Å². The first-order chi connectivity index (χ1) is 35.5. The molecule has 0 saturated heterocycles. The molecule has 0 saturated carbocycles. The van der Waals surface area contributed by atoms with Gasteiger partial charge in [0, 0.05) is 55.3 Å². The summed E-state index contributed by atoms with van der Waals surface area (Å²) in [4.78, 5) is 4.74. The van der Waals surface area contributed by atoms with Crippen molar-refractivity contribution in [2.75, 3.05) is 9.80 Å². The Hall–Kier alpha value is -8.37. The van der Waals surface area contributed by atoms with Gasteiger partial charge in [0.2, 0.25) is 0 Å². The summed E-state index contributed by atoms with van der Waals surface area (Å²) >= 11 is 0. The summed E-state index contributed by atoms with van der Waals surface area (Å²) in [7, 11) is -3.13. The lowest BCUT2D eigenvalue weighted by Crippen LogP contribution is -2.37. The first-order valence-corrected chi connectivity index (χ1v) is 32.3. The van der Waals surface area contributed by atoms with Gasteiger partial charge >= 0.3 is 0 Å². The molecule has 0 aliphatic carbocycles. The van der Waals surface area contributed by atoms with Gasteiger partial charge in [-0.25, -0.2) is 0 Å². The molecule has 0 unspecified atom stereocenters. The van der Waals surface area contributed by atoms with E-state index in [1.54, 1.807) is 0 Å². The summed E-state index contributed by atoms with van der Waals surface area (Å²) in [6.45, 7) is 14.4. The van der Waals surface area contributed by atoms with Gasteiger partial charge in [-0.3, -0.25) is 0 Å². The van der Waals surface area contributed by atoms with Crippen molar-refractivity contribution in [3.63, 3.8) is 0 Å². The smallest absolute Gasteiger partial charge is 0.159 e. The fourth-order valence-corrected chi connectivity index (χ4v) is 13.8. The Morgan fingerprint density at radius 2 is 0.795 bits per heavy atom. The van der Waals surface area contributed by atoms with Crippen molar-refractivity contribution in [3.05, 3.63) is 206 Å². The number of benzene rings is 11. The SMILES string of the molecule is C[Si](C)(C)c1ccc(N(c2ccc3c(c2)Oc2cccc4c2c-3cc2c3ccccc3c(N(c3ccc([Si](C)(C)C)cc3)c3cccc5c3oc3ccccc35)cc42)c2cccc3c2oc2ccccc23)cc1. The average molecular weight is 977 g/mol. The zero-order valence-electron chi connectivity index (χ0n) is 41.7. The van der Waals surface area contributed by atoms with Gasteiger partial charge < -0.3 is 23.4 Å². The number of hydrogen-bond acceptors (Lipinski definition) is 5. The minimum absolute atomic E-state index is 0.810. The molecule has 1 aliphatic heterocycles. The van der Waals surface area contributed by atoms with Crippen molar-refractivity contribution in [2.45, 2.75) is 39.3 Å². The molecule has 3 heterocycles. The first-order valence-electron chi connectivity index (χ1n) is 25.3. The predicted molar refractivity (Wildman–Crippen MR) is 314 cm³/mol. The molecule has 0 N–H and O–H groups in total. The molecule has 13 aromatic rings. The molecule has 352 valence electrons. The Balaban J connectivity index is 0.972. The number of ether oxygens (including phenoxy) is 1. The van der Waals surface area contributed by atoms with Gasteiger partial charge in [-0.1, -0.05) is 171 Å². The van der Waals surface area contributed by atoms with E-state index in [0.29, 0.717) is 0 Å². The quantitative estimate of drug-likeness (QED) is 0.112. The highest BCUT2D eigenvalue weighted by Gasteiger charge is 2.29. The molecular weight excluding hydrogens is 925 g/mol. The van der Waals surface area contributed by atoms with Crippen molar-refractivity contribution in [3.8, 4) is 22.6 Å². The maximum atomic E-state index is 7.12. The van der Waals surface area contributed by atoms with Gasteiger partial charge in [-0.05, 0) is 106 Å². The standard InChI is InChI=1S/C66H52N2O3Si2/c1-72(2,3)44-33-28-41(29-34-44)67(57-23-13-21-52-48-18-9-11-25-60(48)70-65(52)57)43-32-37-50-56-39-54-46-16-7-8-17-47(46)59(40-55(54)51-20-15-27-62(64(51)56)69-63(50)38-43)68(42-30-35-45(36-31-42)73(4,5)6)58-24-14-22-53-49-19-10-12-26-61(49)71-66(53)58/h7-40H,1-6H3. The van der Waals surface area contributed by atoms with E-state index >= 15 is 0 Å². The molecule has 5 nitrogen and oxygen atoms in total. The summed E-state index contributed by atoms with van der Waals surface area (Å²) in [5.41, 5.74) is 11.8. The molecule has 2 aromatic heterocycles. The van der Waals surface area contributed by atoms with E-state index in [9.17, 15) is 0 Å². The predicted octanol–water partition coefficient (Wildman–Crippen LogP) is 18.7. The summed E-state index contributed by atoms with van der Waals surface area (Å²) in [6, 6.07) is 75.0. The third-order valence-corrected chi connectivity index (χ3v) is 19.3. The maximum absolute atomic E-state index is 7.12. The molecule has 0 spiro atoms. The Bertz CT molecular complexity index is 4390. The molecule has 0 bridgehead atoms. The van der Waals surface area contributed by atoms with E-state index < -0.39 is 16.1 Å². The lowest BCUT2D eigenvalue weighted by molar-refractivity contribution is 0.487. The summed E-state index contributed by atoms with van der Waals surface area (Å²) in [5, 5.41) is 14.1. The second-order valence-corrected chi connectivity index (χ2v) is 31.8. The van der Waals surface area contributed by atoms with Gasteiger partial charge in [-0.15, -0.1) is 0 Å². The first kappa shape index (κ1) is 43.4. The molecule has 14 rings (SSSR count). The normalized spacial score (nSPS) is 12.6. The van der Waals surface area contributed by atoms with E-state index in [-0.39, 0.29) is 0 Å². The summed E-state index contributed by atoms with van der Waals surface area (Å²) in [5.74, 6) is 1.65. The van der Waals surface area contributed by atoms with Crippen LogP contribution in [-0.2, 0) is 0 Å². The van der Waals surface area contributed by atoms with E-state index in [0.717, 1.165) is 122 Å². The second-order valence-electron chi connectivity index (χ2n) is 21.7. The summed E-state index contributed by atoms with van der Waals surface area (Å²) < 4.78 is 20.6. The van der Waals surface area contributed by atoms with Gasteiger partial charge in [0.25, 0.3) is 0 Å². The Morgan fingerprint density at radius 1 is 0.315 bits per heavy atom. The highest BCUT2D eigenvalue weighted by molar-refractivity contribution is 6.89. The maximum Gasteiger partial charge on any atom is 0.159 e. The zero-order valence-corrected chi connectivity index (χ0v) is 43.7. The minimum Gasteiger partial charge on any atom is -0.456 e. The number of para-hydroxylation sites is 4. The largest absolute Gasteiger partial charge is 0.456 e. The molecule has 7 heteroatoms. The molecule has 73 heavy (non-hydrogen) atoms. The molecule has 0 atom stereocenters. The van der Waals surface area contributed by atoms with Crippen LogP contribution in [0.4, 0.5) is 34.1 Å². The van der Waals surface area contributed by atoms with Gasteiger partial charge in [-0.2, -0.15) is 0 Å². The van der Waals surface area contributed by atoms with Crippen LogP contribution in [0, 0.1) is 0 Å². The van der Waals surface area contributed by atoms with Crippen molar-refractivity contribution in [1.29, 1.82) is 0 Å². The number of fused-ring (bicyclic) bond motifs is 12. The van der Waals surface area contributed by atoms with Gasteiger partial charge in [0.05, 0.1) is 38.9 Å². The molecular formula is C66H52N2O3Si2. The topological polar surface area (TPSA) is 42.0 Å². The number of nitrogens with zero attached hydrogens (tertiary/aromatic N) is 2. The number of furan rings is 2. The van der Waals surface area contributed by atoms with Crippen molar-refractivity contribution >= 4 is 137 Å². The average Bonchev–Trinajstić information content (AvgIpc) is 3.99. The molecule has 0 amide bonds. The molecule has 0 radical (unpaired) electrons. The Kier molecular flexibility index (Phi) is 9.56. The van der Waals surface area contributed by atoms with Crippen molar-refractivity contribution < 1.29 is 13.6 Å². The highest BCUT2D eigenvalue weighted by atomic mass is 28.3. The molecule has 11 aromatic carbocycles. The van der Waals surface area contributed by atoms with Crippen molar-refractivity contribution in [2.24, 2.45) is 0 Å². The number of anilines is 6. The van der Waals surface area contributed by atoms with E-state index in [1.165, 1.54) is 21.1 Å². The fourth-order valence-electron chi connectivity index (χ4n) is 11.4. The third kappa shape index (κ3) is 6.87. The van der Waals surface area contributed by atoms with Crippen molar-refractivity contribution in [1.82, 2.24) is 0 Å². The minimum atomic E-state index is -1.58. The second kappa shape index (κ2) is 16.1. The van der Waals surface area contributed by atoms with Gasteiger partial charge in [0.1, 0.15) is 22.7 Å². The molecule has 0 fully saturated rings. The highest BCUT2D eigenvalue weighted by Crippen LogP contribution is 2.54. The van der Waals surface area contributed by atoms with E-state index in [4.69, 9.17) is 13.6 Å².